The highest BCUT2D eigenvalue weighted by Gasteiger charge is 2.24. The summed E-state index contributed by atoms with van der Waals surface area (Å²) in [5.41, 5.74) is 2.94. The minimum absolute atomic E-state index is 0.367. The summed E-state index contributed by atoms with van der Waals surface area (Å²) >= 11 is 0. The highest BCUT2D eigenvalue weighted by Crippen LogP contribution is 2.32. The SMILES string of the molecule is O=C1C=C(c2c[nH]c3c(OCc4ccccc4)cccc23)C(=O)N1. The number of benzene rings is 2. The van der Waals surface area contributed by atoms with Crippen LogP contribution in [0.4, 0.5) is 0 Å². The number of fused-ring (bicyclic) bond motifs is 1. The molecule has 1 aliphatic rings. The first-order valence-corrected chi connectivity index (χ1v) is 7.56. The van der Waals surface area contributed by atoms with Gasteiger partial charge >= 0.3 is 0 Å². The van der Waals surface area contributed by atoms with Crippen LogP contribution in [-0.4, -0.2) is 16.8 Å². The molecule has 24 heavy (non-hydrogen) atoms. The number of amides is 2. The van der Waals surface area contributed by atoms with Crippen molar-refractivity contribution in [3.8, 4) is 5.75 Å². The van der Waals surface area contributed by atoms with Gasteiger partial charge in [0.1, 0.15) is 12.4 Å². The summed E-state index contributed by atoms with van der Waals surface area (Å²) in [4.78, 5) is 26.4. The van der Waals surface area contributed by atoms with Crippen LogP contribution in [0.25, 0.3) is 16.5 Å². The van der Waals surface area contributed by atoms with Gasteiger partial charge < -0.3 is 9.72 Å². The number of H-pyrrole nitrogens is 1. The molecule has 118 valence electrons. The van der Waals surface area contributed by atoms with Crippen molar-refractivity contribution in [1.82, 2.24) is 10.3 Å². The maximum absolute atomic E-state index is 11.9. The van der Waals surface area contributed by atoms with Crippen LogP contribution in [0.1, 0.15) is 11.1 Å². The van der Waals surface area contributed by atoms with Crippen molar-refractivity contribution in [2.24, 2.45) is 0 Å². The Hall–Kier alpha value is -3.34. The van der Waals surface area contributed by atoms with E-state index in [4.69, 9.17) is 4.74 Å². The highest BCUT2D eigenvalue weighted by atomic mass is 16.5. The monoisotopic (exact) mass is 318 g/mol. The van der Waals surface area contributed by atoms with Crippen molar-refractivity contribution in [3.63, 3.8) is 0 Å². The number of hydrogen-bond acceptors (Lipinski definition) is 3. The van der Waals surface area contributed by atoms with E-state index in [1.165, 1.54) is 6.08 Å². The van der Waals surface area contributed by atoms with Gasteiger partial charge in [0.15, 0.2) is 0 Å². The summed E-state index contributed by atoms with van der Waals surface area (Å²) in [6, 6.07) is 15.5. The molecule has 1 aromatic heterocycles. The number of carbonyl (C=O) groups excluding carboxylic acids is 2. The molecule has 5 nitrogen and oxygen atoms in total. The first-order chi connectivity index (χ1) is 11.7. The Balaban J connectivity index is 1.68. The second kappa shape index (κ2) is 5.70. The molecule has 2 N–H and O–H groups in total. The molecule has 0 aliphatic carbocycles. The summed E-state index contributed by atoms with van der Waals surface area (Å²) < 4.78 is 5.91. The standard InChI is InChI=1S/C19H14N2O3/c22-17-9-14(19(23)21-17)15-10-20-18-13(15)7-4-8-16(18)24-11-12-5-2-1-3-6-12/h1-10,20H,11H2,(H,21,22,23). The topological polar surface area (TPSA) is 71.2 Å². The molecule has 1 aliphatic heterocycles. The fourth-order valence-electron chi connectivity index (χ4n) is 2.82. The molecular formula is C19H14N2O3. The van der Waals surface area contributed by atoms with E-state index in [2.05, 4.69) is 10.3 Å². The average molecular weight is 318 g/mol. The smallest absolute Gasteiger partial charge is 0.258 e. The lowest BCUT2D eigenvalue weighted by atomic mass is 10.1. The molecule has 0 fully saturated rings. The van der Waals surface area contributed by atoms with Crippen LogP contribution < -0.4 is 10.1 Å². The number of nitrogens with one attached hydrogen (secondary N) is 2. The van der Waals surface area contributed by atoms with E-state index in [-0.39, 0.29) is 11.8 Å². The number of aromatic nitrogens is 1. The van der Waals surface area contributed by atoms with E-state index in [1.54, 1.807) is 6.20 Å². The summed E-state index contributed by atoms with van der Waals surface area (Å²) in [6.07, 6.45) is 3.05. The Labute approximate surface area is 137 Å². The normalized spacial score (nSPS) is 13.9. The molecule has 2 heterocycles. The van der Waals surface area contributed by atoms with Crippen molar-refractivity contribution < 1.29 is 14.3 Å². The summed E-state index contributed by atoms with van der Waals surface area (Å²) in [5, 5.41) is 3.11. The second-order valence-electron chi connectivity index (χ2n) is 5.53. The molecule has 0 bridgehead atoms. The lowest BCUT2D eigenvalue weighted by Crippen LogP contribution is -2.21. The summed E-state index contributed by atoms with van der Waals surface area (Å²) in [5.74, 6) is -0.0646. The number of aromatic amines is 1. The predicted molar refractivity (Wildman–Crippen MR) is 90.2 cm³/mol. The fourth-order valence-corrected chi connectivity index (χ4v) is 2.82. The minimum atomic E-state index is -0.388. The third kappa shape index (κ3) is 2.46. The average Bonchev–Trinajstić information content (AvgIpc) is 3.16. The van der Waals surface area contributed by atoms with Gasteiger partial charge in [0.2, 0.25) is 0 Å². The zero-order valence-electron chi connectivity index (χ0n) is 12.7. The predicted octanol–water partition coefficient (Wildman–Crippen LogP) is 2.79. The van der Waals surface area contributed by atoms with E-state index < -0.39 is 0 Å². The van der Waals surface area contributed by atoms with Crippen molar-refractivity contribution >= 4 is 28.3 Å². The molecule has 4 rings (SSSR count). The molecule has 2 aromatic carbocycles. The van der Waals surface area contributed by atoms with E-state index in [1.807, 2.05) is 48.5 Å². The number of para-hydroxylation sites is 1. The van der Waals surface area contributed by atoms with Crippen molar-refractivity contribution in [2.45, 2.75) is 6.61 Å². The fraction of sp³-hybridized carbons (Fsp3) is 0.0526. The van der Waals surface area contributed by atoms with Gasteiger partial charge in [-0.15, -0.1) is 0 Å². The molecule has 0 radical (unpaired) electrons. The first kappa shape index (κ1) is 14.3. The first-order valence-electron chi connectivity index (χ1n) is 7.56. The van der Waals surface area contributed by atoms with Crippen molar-refractivity contribution in [1.29, 1.82) is 0 Å². The number of carbonyl (C=O) groups is 2. The van der Waals surface area contributed by atoms with Crippen LogP contribution in [-0.2, 0) is 16.2 Å². The van der Waals surface area contributed by atoms with E-state index in [0.29, 0.717) is 23.5 Å². The second-order valence-corrected chi connectivity index (χ2v) is 5.53. The Bertz CT molecular complexity index is 971. The lowest BCUT2D eigenvalue weighted by molar-refractivity contribution is -0.123. The van der Waals surface area contributed by atoms with Crippen molar-refractivity contribution in [3.05, 3.63) is 71.9 Å². The molecule has 0 spiro atoms. The molecule has 0 atom stereocenters. The van der Waals surface area contributed by atoms with Gasteiger partial charge in [0.05, 0.1) is 11.1 Å². The lowest BCUT2D eigenvalue weighted by Gasteiger charge is -2.07. The van der Waals surface area contributed by atoms with Crippen LogP contribution in [0.5, 0.6) is 5.75 Å². The summed E-state index contributed by atoms with van der Waals surface area (Å²) in [7, 11) is 0. The Morgan fingerprint density at radius 1 is 0.958 bits per heavy atom. The quantitative estimate of drug-likeness (QED) is 0.727. The van der Waals surface area contributed by atoms with Crippen molar-refractivity contribution in [2.75, 3.05) is 0 Å². The third-order valence-electron chi connectivity index (χ3n) is 3.96. The van der Waals surface area contributed by atoms with E-state index >= 15 is 0 Å². The Morgan fingerprint density at radius 2 is 1.79 bits per heavy atom. The number of rotatable bonds is 4. The van der Waals surface area contributed by atoms with Gasteiger partial charge in [0.25, 0.3) is 11.8 Å². The number of imide groups is 1. The van der Waals surface area contributed by atoms with Gasteiger partial charge in [-0.2, -0.15) is 0 Å². The third-order valence-corrected chi connectivity index (χ3v) is 3.96. The molecule has 3 aromatic rings. The van der Waals surface area contributed by atoms with Gasteiger partial charge in [-0.3, -0.25) is 14.9 Å². The van der Waals surface area contributed by atoms with Gasteiger partial charge in [-0.1, -0.05) is 42.5 Å². The van der Waals surface area contributed by atoms with Crippen LogP contribution >= 0.6 is 0 Å². The van der Waals surface area contributed by atoms with Gasteiger partial charge in [-0.05, 0) is 11.6 Å². The molecule has 5 heteroatoms. The van der Waals surface area contributed by atoms with Crippen LogP contribution in [0.2, 0.25) is 0 Å². The number of ether oxygens (including phenoxy) is 1. The van der Waals surface area contributed by atoms with Gasteiger partial charge in [0, 0.05) is 23.2 Å². The van der Waals surface area contributed by atoms with E-state index in [9.17, 15) is 9.59 Å². The molecule has 0 saturated carbocycles. The maximum atomic E-state index is 11.9. The maximum Gasteiger partial charge on any atom is 0.258 e. The van der Waals surface area contributed by atoms with Crippen LogP contribution in [0, 0.1) is 0 Å². The van der Waals surface area contributed by atoms with Gasteiger partial charge in [-0.25, -0.2) is 0 Å². The van der Waals surface area contributed by atoms with Crippen LogP contribution in [0.3, 0.4) is 0 Å². The zero-order valence-corrected chi connectivity index (χ0v) is 12.7. The zero-order chi connectivity index (χ0) is 16.5. The summed E-state index contributed by atoms with van der Waals surface area (Å²) in [6.45, 7) is 0.454. The highest BCUT2D eigenvalue weighted by molar-refractivity contribution is 6.35. The Kier molecular flexibility index (Phi) is 3.39. The molecule has 0 unspecified atom stereocenters. The Morgan fingerprint density at radius 3 is 2.54 bits per heavy atom. The minimum Gasteiger partial charge on any atom is -0.487 e. The molecular weight excluding hydrogens is 304 g/mol. The van der Waals surface area contributed by atoms with Crippen LogP contribution in [0.15, 0.2) is 60.8 Å². The molecule has 0 saturated heterocycles. The largest absolute Gasteiger partial charge is 0.487 e. The molecule has 2 amide bonds. The number of hydrogen-bond donors (Lipinski definition) is 2. The van der Waals surface area contributed by atoms with E-state index in [0.717, 1.165) is 16.5 Å².